The Morgan fingerprint density at radius 2 is 1.86 bits per heavy atom. The second kappa shape index (κ2) is 8.08. The Labute approximate surface area is 163 Å². The molecule has 4 rings (SSSR count). The largest absolute Gasteiger partial charge is 0.421 e. The Morgan fingerprint density at radius 3 is 2.64 bits per heavy atom. The van der Waals surface area contributed by atoms with Crippen molar-refractivity contribution in [2.75, 3.05) is 6.54 Å². The Morgan fingerprint density at radius 1 is 1.07 bits per heavy atom. The summed E-state index contributed by atoms with van der Waals surface area (Å²) >= 11 is 0. The summed E-state index contributed by atoms with van der Waals surface area (Å²) in [5, 5.41) is 12.0. The van der Waals surface area contributed by atoms with Gasteiger partial charge in [0.2, 0.25) is 17.7 Å². The minimum Gasteiger partial charge on any atom is -0.421 e. The number of nitrogens with zero attached hydrogens (tertiary/aromatic N) is 3. The molecule has 0 radical (unpaired) electrons. The molecule has 0 aliphatic carbocycles. The maximum Gasteiger partial charge on any atom is 0.249 e. The molecule has 0 fully saturated rings. The van der Waals surface area contributed by atoms with E-state index in [-0.39, 0.29) is 12.5 Å². The van der Waals surface area contributed by atoms with E-state index in [9.17, 15) is 4.79 Å². The third-order valence-electron chi connectivity index (χ3n) is 4.67. The van der Waals surface area contributed by atoms with Crippen molar-refractivity contribution in [2.45, 2.75) is 26.3 Å². The van der Waals surface area contributed by atoms with Gasteiger partial charge in [0.1, 0.15) is 6.54 Å². The normalized spacial score (nSPS) is 11.0. The first-order valence-electron chi connectivity index (χ1n) is 9.39. The quantitative estimate of drug-likeness (QED) is 0.500. The zero-order valence-electron chi connectivity index (χ0n) is 15.8. The Bertz CT molecular complexity index is 1080. The van der Waals surface area contributed by atoms with Crippen molar-refractivity contribution in [1.82, 2.24) is 20.1 Å². The lowest BCUT2D eigenvalue weighted by molar-refractivity contribution is -0.121. The number of hydrogen-bond donors (Lipinski definition) is 1. The fraction of sp³-hybridized carbons (Fsp3) is 0.227. The first-order chi connectivity index (χ1) is 13.7. The summed E-state index contributed by atoms with van der Waals surface area (Å²) < 4.78 is 7.51. The fourth-order valence-corrected chi connectivity index (χ4v) is 3.33. The van der Waals surface area contributed by atoms with Gasteiger partial charge >= 0.3 is 0 Å². The molecule has 2 aromatic heterocycles. The molecule has 0 aliphatic heterocycles. The number of carbonyl (C=O) groups is 1. The van der Waals surface area contributed by atoms with E-state index in [4.69, 9.17) is 4.42 Å². The molecule has 0 saturated heterocycles. The summed E-state index contributed by atoms with van der Waals surface area (Å²) in [7, 11) is 0. The number of benzene rings is 2. The lowest BCUT2D eigenvalue weighted by Crippen LogP contribution is -2.28. The molecule has 1 amide bonds. The van der Waals surface area contributed by atoms with Gasteiger partial charge in [-0.1, -0.05) is 48.5 Å². The zero-order chi connectivity index (χ0) is 19.3. The average molecular weight is 374 g/mol. The summed E-state index contributed by atoms with van der Waals surface area (Å²) in [5.74, 6) is 0.973. The second-order valence-electron chi connectivity index (χ2n) is 6.75. The van der Waals surface area contributed by atoms with Gasteiger partial charge in [0.15, 0.2) is 0 Å². The van der Waals surface area contributed by atoms with E-state index < -0.39 is 0 Å². The van der Waals surface area contributed by atoms with Crippen LogP contribution in [0.2, 0.25) is 0 Å². The van der Waals surface area contributed by atoms with Crippen LogP contribution in [0.25, 0.3) is 22.4 Å². The number of rotatable bonds is 7. The first-order valence-corrected chi connectivity index (χ1v) is 9.39. The van der Waals surface area contributed by atoms with Crippen LogP contribution < -0.4 is 5.32 Å². The molecule has 0 saturated carbocycles. The molecular weight excluding hydrogens is 352 g/mol. The lowest BCUT2D eigenvalue weighted by Gasteiger charge is -2.07. The number of hydrogen-bond acceptors (Lipinski definition) is 4. The van der Waals surface area contributed by atoms with Crippen LogP contribution in [-0.4, -0.2) is 27.2 Å². The average Bonchev–Trinajstić information content (AvgIpc) is 3.30. The molecule has 2 heterocycles. The van der Waals surface area contributed by atoms with Crippen molar-refractivity contribution < 1.29 is 9.21 Å². The number of carbonyl (C=O) groups excluding carboxylic acids is 1. The van der Waals surface area contributed by atoms with Crippen LogP contribution in [0.4, 0.5) is 0 Å². The molecule has 0 aliphatic rings. The number of fused-ring (bicyclic) bond motifs is 1. The Balaban J connectivity index is 1.42. The predicted octanol–water partition coefficient (Wildman–Crippen LogP) is 3.75. The monoisotopic (exact) mass is 374 g/mol. The van der Waals surface area contributed by atoms with Crippen LogP contribution in [0, 0.1) is 6.92 Å². The third kappa shape index (κ3) is 3.96. The highest BCUT2D eigenvalue weighted by molar-refractivity contribution is 5.94. The number of amides is 1. The maximum absolute atomic E-state index is 12.4. The molecule has 0 atom stereocenters. The predicted molar refractivity (Wildman–Crippen MR) is 108 cm³/mol. The molecule has 4 aromatic rings. The third-order valence-corrected chi connectivity index (χ3v) is 4.67. The highest BCUT2D eigenvalue weighted by Gasteiger charge is 2.16. The van der Waals surface area contributed by atoms with Crippen LogP contribution in [0.15, 0.2) is 65.2 Å². The van der Waals surface area contributed by atoms with Crippen molar-refractivity contribution in [3.05, 3.63) is 72.2 Å². The molecule has 0 spiro atoms. The van der Waals surface area contributed by atoms with Gasteiger partial charge in [-0.2, -0.15) is 0 Å². The Kier molecular flexibility index (Phi) is 5.19. The van der Waals surface area contributed by atoms with Gasteiger partial charge in [-0.15, -0.1) is 10.2 Å². The van der Waals surface area contributed by atoms with Crippen molar-refractivity contribution in [3.8, 4) is 11.5 Å². The molecule has 1 N–H and O–H groups in total. The van der Waals surface area contributed by atoms with Crippen LogP contribution in [-0.2, 0) is 17.8 Å². The molecule has 28 heavy (non-hydrogen) atoms. The molecule has 142 valence electrons. The molecule has 6 heteroatoms. The van der Waals surface area contributed by atoms with Gasteiger partial charge in [-0.3, -0.25) is 4.79 Å². The van der Waals surface area contributed by atoms with Gasteiger partial charge in [-0.25, -0.2) is 0 Å². The fourth-order valence-electron chi connectivity index (χ4n) is 3.33. The van der Waals surface area contributed by atoms with Gasteiger partial charge in [0.25, 0.3) is 0 Å². The highest BCUT2D eigenvalue weighted by atomic mass is 16.4. The molecule has 0 unspecified atom stereocenters. The first kappa shape index (κ1) is 18.0. The number of aromatic nitrogens is 3. The molecule has 0 bridgehead atoms. The van der Waals surface area contributed by atoms with Crippen molar-refractivity contribution >= 4 is 16.8 Å². The number of aryl methyl sites for hydroxylation is 2. The van der Waals surface area contributed by atoms with E-state index in [0.717, 1.165) is 29.3 Å². The SMILES string of the molecule is Cc1nnc(-c2cn(CC(=O)NCCCc3ccccc3)c3ccccc23)o1. The van der Waals surface area contributed by atoms with Crippen LogP contribution in [0.1, 0.15) is 17.9 Å². The zero-order valence-corrected chi connectivity index (χ0v) is 15.8. The summed E-state index contributed by atoms with van der Waals surface area (Å²) in [4.78, 5) is 12.4. The minimum absolute atomic E-state index is 0.0120. The van der Waals surface area contributed by atoms with Gasteiger partial charge in [0.05, 0.1) is 5.56 Å². The molecule has 2 aromatic carbocycles. The topological polar surface area (TPSA) is 73.0 Å². The number of nitrogens with one attached hydrogen (secondary N) is 1. The summed E-state index contributed by atoms with van der Waals surface area (Å²) in [5.41, 5.74) is 3.09. The number of para-hydroxylation sites is 1. The van der Waals surface area contributed by atoms with Crippen LogP contribution in [0.3, 0.4) is 0 Å². The van der Waals surface area contributed by atoms with E-state index in [0.29, 0.717) is 18.3 Å². The van der Waals surface area contributed by atoms with Crippen molar-refractivity contribution in [3.63, 3.8) is 0 Å². The van der Waals surface area contributed by atoms with E-state index in [1.807, 2.05) is 53.2 Å². The van der Waals surface area contributed by atoms with Crippen LogP contribution in [0.5, 0.6) is 0 Å². The van der Waals surface area contributed by atoms with E-state index in [1.165, 1.54) is 5.56 Å². The van der Waals surface area contributed by atoms with E-state index in [2.05, 4.69) is 27.6 Å². The highest BCUT2D eigenvalue weighted by Crippen LogP contribution is 2.29. The van der Waals surface area contributed by atoms with E-state index >= 15 is 0 Å². The van der Waals surface area contributed by atoms with Gasteiger partial charge in [0, 0.05) is 30.6 Å². The molecular formula is C22H22N4O2. The van der Waals surface area contributed by atoms with Gasteiger partial charge in [-0.05, 0) is 24.5 Å². The standard InChI is InChI=1S/C22H22N4O2/c1-16-24-25-22(28-16)19-14-26(20-12-6-5-11-18(19)20)15-21(27)23-13-7-10-17-8-3-2-4-9-17/h2-6,8-9,11-12,14H,7,10,13,15H2,1H3,(H,23,27). The minimum atomic E-state index is -0.0120. The summed E-state index contributed by atoms with van der Waals surface area (Å²) in [6.07, 6.45) is 3.77. The lowest BCUT2D eigenvalue weighted by atomic mass is 10.1. The maximum atomic E-state index is 12.4. The van der Waals surface area contributed by atoms with Crippen molar-refractivity contribution in [2.24, 2.45) is 0 Å². The van der Waals surface area contributed by atoms with Crippen LogP contribution >= 0.6 is 0 Å². The smallest absolute Gasteiger partial charge is 0.249 e. The van der Waals surface area contributed by atoms with E-state index in [1.54, 1.807) is 6.92 Å². The summed E-state index contributed by atoms with van der Waals surface area (Å²) in [6.45, 7) is 2.67. The van der Waals surface area contributed by atoms with Crippen molar-refractivity contribution in [1.29, 1.82) is 0 Å². The van der Waals surface area contributed by atoms with Gasteiger partial charge < -0.3 is 14.3 Å². The Hall–Kier alpha value is -3.41. The second-order valence-corrected chi connectivity index (χ2v) is 6.75. The molecule has 6 nitrogen and oxygen atoms in total. The summed E-state index contributed by atoms with van der Waals surface area (Å²) in [6, 6.07) is 18.2.